The summed E-state index contributed by atoms with van der Waals surface area (Å²) in [5.74, 6) is 0. The fourth-order valence-electron chi connectivity index (χ4n) is 2.19. The Morgan fingerprint density at radius 1 is 1.32 bits per heavy atom. The average molecular weight is 266 g/mol. The molecule has 0 radical (unpaired) electrons. The van der Waals surface area contributed by atoms with Crippen molar-refractivity contribution in [1.29, 1.82) is 0 Å². The number of hydrogen-bond donors (Lipinski definition) is 1. The van der Waals surface area contributed by atoms with Gasteiger partial charge >= 0.3 is 0 Å². The second kappa shape index (κ2) is 5.19. The van der Waals surface area contributed by atoms with Gasteiger partial charge in [0.1, 0.15) is 5.69 Å². The van der Waals surface area contributed by atoms with Gasteiger partial charge in [0.2, 0.25) is 0 Å². The second-order valence-electron chi connectivity index (χ2n) is 4.49. The van der Waals surface area contributed by atoms with Gasteiger partial charge in [0.15, 0.2) is 0 Å². The van der Waals surface area contributed by atoms with Crippen molar-refractivity contribution >= 4 is 17.1 Å². The number of non-ortho nitro benzene ring substituents is 1. The Bertz CT molecular complexity index is 519. The smallest absolute Gasteiger partial charge is 0.299 e. The molecule has 1 aromatic rings. The Balaban J connectivity index is 2.38. The van der Waals surface area contributed by atoms with E-state index in [1.807, 2.05) is 11.8 Å². The highest BCUT2D eigenvalue weighted by Crippen LogP contribution is 2.32. The van der Waals surface area contributed by atoms with Crippen molar-refractivity contribution in [3.63, 3.8) is 0 Å². The highest BCUT2D eigenvalue weighted by atomic mass is 16.6. The Labute approximate surface area is 109 Å². The van der Waals surface area contributed by atoms with Crippen LogP contribution in [-0.2, 0) is 0 Å². The lowest BCUT2D eigenvalue weighted by Crippen LogP contribution is -2.49. The van der Waals surface area contributed by atoms with Gasteiger partial charge in [-0.15, -0.1) is 0 Å². The van der Waals surface area contributed by atoms with E-state index in [1.54, 1.807) is 0 Å². The molecule has 1 fully saturated rings. The Morgan fingerprint density at radius 2 is 2.05 bits per heavy atom. The third kappa shape index (κ3) is 2.79. The van der Waals surface area contributed by atoms with Crippen molar-refractivity contribution in [2.24, 2.45) is 0 Å². The summed E-state index contributed by atoms with van der Waals surface area (Å²) in [6, 6.07) is 3.99. The Morgan fingerprint density at radius 3 is 2.63 bits per heavy atom. The minimum absolute atomic E-state index is 0.219. The third-order valence-corrected chi connectivity index (χ3v) is 3.08. The van der Waals surface area contributed by atoms with Crippen molar-refractivity contribution < 1.29 is 9.85 Å². The highest BCUT2D eigenvalue weighted by molar-refractivity contribution is 5.67. The van der Waals surface area contributed by atoms with Crippen LogP contribution < -0.4 is 10.2 Å². The van der Waals surface area contributed by atoms with E-state index in [1.165, 1.54) is 12.1 Å². The molecule has 2 rings (SSSR count). The molecule has 8 heteroatoms. The number of rotatable bonds is 3. The van der Waals surface area contributed by atoms with E-state index in [-0.39, 0.29) is 17.4 Å². The van der Waals surface area contributed by atoms with E-state index in [0.717, 1.165) is 12.6 Å². The number of anilines is 1. The SMILES string of the molecule is C[C@@H]1CN(c2ccc([N+](=O)[O-])cc2[N+](=O)[O-])CCN1. The molecule has 0 aromatic heterocycles. The number of nitrogens with zero attached hydrogens (tertiary/aromatic N) is 3. The molecule has 0 amide bonds. The number of piperazine rings is 1. The maximum atomic E-state index is 11.1. The predicted molar refractivity (Wildman–Crippen MR) is 69.4 cm³/mol. The largest absolute Gasteiger partial charge is 0.363 e. The summed E-state index contributed by atoms with van der Waals surface area (Å²) in [5, 5.41) is 25.0. The number of nitro groups is 2. The van der Waals surface area contributed by atoms with Crippen LogP contribution in [0.1, 0.15) is 6.92 Å². The van der Waals surface area contributed by atoms with E-state index in [9.17, 15) is 20.2 Å². The molecule has 1 heterocycles. The van der Waals surface area contributed by atoms with Crippen LogP contribution in [0.5, 0.6) is 0 Å². The van der Waals surface area contributed by atoms with Crippen LogP contribution in [0.4, 0.5) is 17.1 Å². The topological polar surface area (TPSA) is 102 Å². The maximum Gasteiger partial charge on any atom is 0.299 e. The lowest BCUT2D eigenvalue weighted by Gasteiger charge is -2.33. The van der Waals surface area contributed by atoms with Crippen LogP contribution >= 0.6 is 0 Å². The van der Waals surface area contributed by atoms with E-state index in [2.05, 4.69) is 5.32 Å². The Hall–Kier alpha value is -2.22. The molecule has 1 atom stereocenters. The van der Waals surface area contributed by atoms with Crippen LogP contribution in [0.3, 0.4) is 0 Å². The van der Waals surface area contributed by atoms with Gasteiger partial charge in [-0.2, -0.15) is 0 Å². The number of nitro benzene ring substituents is 2. The van der Waals surface area contributed by atoms with Crippen LogP contribution in [0.25, 0.3) is 0 Å². The summed E-state index contributed by atoms with van der Waals surface area (Å²) in [7, 11) is 0. The molecule has 0 spiro atoms. The predicted octanol–water partition coefficient (Wildman–Crippen LogP) is 1.30. The zero-order chi connectivity index (χ0) is 14.0. The molecule has 0 bridgehead atoms. The molecule has 1 aliphatic rings. The van der Waals surface area contributed by atoms with Gasteiger partial charge in [-0.05, 0) is 13.0 Å². The minimum atomic E-state index is -0.628. The third-order valence-electron chi connectivity index (χ3n) is 3.08. The maximum absolute atomic E-state index is 11.1. The first kappa shape index (κ1) is 13.2. The molecular weight excluding hydrogens is 252 g/mol. The van der Waals surface area contributed by atoms with Crippen molar-refractivity contribution in [3.8, 4) is 0 Å². The van der Waals surface area contributed by atoms with Crippen LogP contribution in [0.15, 0.2) is 18.2 Å². The number of hydrogen-bond acceptors (Lipinski definition) is 6. The molecule has 0 unspecified atom stereocenters. The molecule has 8 nitrogen and oxygen atoms in total. The summed E-state index contributed by atoms with van der Waals surface area (Å²) >= 11 is 0. The zero-order valence-corrected chi connectivity index (χ0v) is 10.4. The first-order chi connectivity index (χ1) is 8.99. The van der Waals surface area contributed by atoms with Gasteiger partial charge < -0.3 is 10.2 Å². The lowest BCUT2D eigenvalue weighted by molar-refractivity contribution is -0.393. The first-order valence-electron chi connectivity index (χ1n) is 5.90. The van der Waals surface area contributed by atoms with Gasteiger partial charge in [-0.3, -0.25) is 20.2 Å². The summed E-state index contributed by atoms with van der Waals surface area (Å²) in [6.07, 6.45) is 0. The fourth-order valence-corrected chi connectivity index (χ4v) is 2.19. The van der Waals surface area contributed by atoms with Crippen molar-refractivity contribution in [2.75, 3.05) is 24.5 Å². The normalized spacial score (nSPS) is 19.2. The molecule has 19 heavy (non-hydrogen) atoms. The zero-order valence-electron chi connectivity index (χ0n) is 10.4. The van der Waals surface area contributed by atoms with Gasteiger partial charge in [0, 0.05) is 31.7 Å². The molecule has 1 aliphatic heterocycles. The van der Waals surface area contributed by atoms with Gasteiger partial charge in [-0.25, -0.2) is 0 Å². The molecule has 1 N–H and O–H groups in total. The standard InChI is InChI=1S/C11H14N4O4/c1-8-7-13(5-4-12-8)10-3-2-9(14(16)17)6-11(10)15(18)19/h2-3,6,8,12H,4-5,7H2,1H3/t8-/m1/s1. The van der Waals surface area contributed by atoms with Crippen molar-refractivity contribution in [1.82, 2.24) is 5.32 Å². The fraction of sp³-hybridized carbons (Fsp3) is 0.455. The first-order valence-corrected chi connectivity index (χ1v) is 5.90. The van der Waals surface area contributed by atoms with Gasteiger partial charge in [0.25, 0.3) is 11.4 Å². The summed E-state index contributed by atoms with van der Waals surface area (Å²) in [5.41, 5.74) is -0.0501. The monoisotopic (exact) mass is 266 g/mol. The van der Waals surface area contributed by atoms with Gasteiger partial charge in [-0.1, -0.05) is 0 Å². The van der Waals surface area contributed by atoms with E-state index >= 15 is 0 Å². The van der Waals surface area contributed by atoms with Crippen LogP contribution in [-0.4, -0.2) is 35.5 Å². The molecule has 1 aromatic carbocycles. The van der Waals surface area contributed by atoms with Crippen LogP contribution in [0.2, 0.25) is 0 Å². The van der Waals surface area contributed by atoms with E-state index < -0.39 is 9.85 Å². The summed E-state index contributed by atoms with van der Waals surface area (Å²) < 4.78 is 0. The lowest BCUT2D eigenvalue weighted by atomic mass is 10.1. The quantitative estimate of drug-likeness (QED) is 0.653. The number of benzene rings is 1. The van der Waals surface area contributed by atoms with Crippen LogP contribution in [0, 0.1) is 20.2 Å². The summed E-state index contributed by atoms with van der Waals surface area (Å²) in [6.45, 7) is 4.00. The molecule has 0 saturated carbocycles. The average Bonchev–Trinajstić information content (AvgIpc) is 2.37. The highest BCUT2D eigenvalue weighted by Gasteiger charge is 2.25. The van der Waals surface area contributed by atoms with E-state index in [4.69, 9.17) is 0 Å². The minimum Gasteiger partial charge on any atom is -0.363 e. The molecule has 102 valence electrons. The number of nitrogens with one attached hydrogen (secondary N) is 1. The Kier molecular flexibility index (Phi) is 3.61. The van der Waals surface area contributed by atoms with Crippen molar-refractivity contribution in [2.45, 2.75) is 13.0 Å². The summed E-state index contributed by atoms with van der Waals surface area (Å²) in [4.78, 5) is 22.4. The van der Waals surface area contributed by atoms with E-state index in [0.29, 0.717) is 18.8 Å². The van der Waals surface area contributed by atoms with Crippen molar-refractivity contribution in [3.05, 3.63) is 38.4 Å². The molecule has 1 saturated heterocycles. The molecule has 0 aliphatic carbocycles. The second-order valence-corrected chi connectivity index (χ2v) is 4.49. The van der Waals surface area contributed by atoms with Gasteiger partial charge in [0.05, 0.1) is 15.9 Å². The molecular formula is C11H14N4O4.